The minimum atomic E-state index is -0.141. The number of nitrogens with two attached hydrogens (primary N) is 1. The van der Waals surface area contributed by atoms with E-state index in [4.69, 9.17) is 29.6 Å². The molecule has 0 aromatic heterocycles. The number of carbonyl (C=O) groups is 1. The summed E-state index contributed by atoms with van der Waals surface area (Å²) in [5.74, 6) is -0.141. The Kier molecular flexibility index (Phi) is 5.33. The van der Waals surface area contributed by atoms with Crippen molar-refractivity contribution in [3.63, 3.8) is 0 Å². The molecule has 1 amide bonds. The van der Waals surface area contributed by atoms with Gasteiger partial charge in [0.15, 0.2) is 0 Å². The largest absolute Gasteiger partial charge is 0.389 e. The minimum Gasteiger partial charge on any atom is -0.389 e. The van der Waals surface area contributed by atoms with Crippen LogP contribution in [0.3, 0.4) is 0 Å². The molecule has 108 valence electrons. The smallest absolute Gasteiger partial charge is 0.228 e. The van der Waals surface area contributed by atoms with Gasteiger partial charge >= 0.3 is 0 Å². The van der Waals surface area contributed by atoms with Crippen LogP contribution in [-0.2, 0) is 11.2 Å². The highest BCUT2D eigenvalue weighted by atomic mass is 79.9. The molecular weight excluding hydrogens is 372 g/mol. The molecule has 0 radical (unpaired) electrons. The van der Waals surface area contributed by atoms with Gasteiger partial charge in [-0.2, -0.15) is 0 Å². The van der Waals surface area contributed by atoms with Crippen LogP contribution >= 0.6 is 39.7 Å². The fourth-order valence-corrected chi connectivity index (χ4v) is 2.60. The molecule has 0 aliphatic carbocycles. The van der Waals surface area contributed by atoms with Gasteiger partial charge in [0.1, 0.15) is 4.99 Å². The van der Waals surface area contributed by atoms with Crippen LogP contribution in [0.2, 0.25) is 5.02 Å². The van der Waals surface area contributed by atoms with Crippen molar-refractivity contribution in [2.75, 3.05) is 5.32 Å². The molecule has 0 atom stereocenters. The topological polar surface area (TPSA) is 55.1 Å². The highest BCUT2D eigenvalue weighted by molar-refractivity contribution is 9.10. The number of hydrogen-bond donors (Lipinski definition) is 2. The summed E-state index contributed by atoms with van der Waals surface area (Å²) >= 11 is 14.4. The Balaban J connectivity index is 2.08. The van der Waals surface area contributed by atoms with Gasteiger partial charge in [-0.05, 0) is 35.9 Å². The number of hydrogen-bond acceptors (Lipinski definition) is 2. The third-order valence-corrected chi connectivity index (χ3v) is 3.82. The van der Waals surface area contributed by atoms with Crippen molar-refractivity contribution in [1.82, 2.24) is 0 Å². The average Bonchev–Trinajstić information content (AvgIpc) is 2.40. The van der Waals surface area contributed by atoms with Gasteiger partial charge in [-0.25, -0.2) is 0 Å². The zero-order valence-electron chi connectivity index (χ0n) is 10.9. The van der Waals surface area contributed by atoms with E-state index in [0.717, 1.165) is 10.0 Å². The molecular formula is C15H12BrClN2OS. The van der Waals surface area contributed by atoms with Crippen LogP contribution in [0.5, 0.6) is 0 Å². The summed E-state index contributed by atoms with van der Waals surface area (Å²) in [6.07, 6.45) is 0.271. The quantitative estimate of drug-likeness (QED) is 0.787. The Morgan fingerprint density at radius 2 is 2.05 bits per heavy atom. The first-order valence-corrected chi connectivity index (χ1v) is 7.67. The van der Waals surface area contributed by atoms with Crippen LogP contribution < -0.4 is 11.1 Å². The molecule has 0 spiro atoms. The van der Waals surface area contributed by atoms with Gasteiger partial charge in [0.25, 0.3) is 0 Å². The molecule has 0 fully saturated rings. The van der Waals surface area contributed by atoms with Crippen LogP contribution in [0.4, 0.5) is 5.69 Å². The van der Waals surface area contributed by atoms with Crippen LogP contribution in [0, 0.1) is 0 Å². The molecule has 2 aromatic rings. The fourth-order valence-electron chi connectivity index (χ4n) is 1.80. The number of thiocarbonyl (C=S) groups is 1. The Bertz CT molecular complexity index is 706. The van der Waals surface area contributed by atoms with Gasteiger partial charge < -0.3 is 11.1 Å². The average molecular weight is 384 g/mol. The van der Waals surface area contributed by atoms with Crippen molar-refractivity contribution < 1.29 is 4.79 Å². The number of nitrogens with one attached hydrogen (secondary N) is 1. The van der Waals surface area contributed by atoms with Gasteiger partial charge in [-0.15, -0.1) is 0 Å². The molecule has 2 aromatic carbocycles. The predicted molar refractivity (Wildman–Crippen MR) is 93.8 cm³/mol. The first-order valence-electron chi connectivity index (χ1n) is 6.09. The van der Waals surface area contributed by atoms with Crippen LogP contribution in [0.25, 0.3) is 0 Å². The number of amides is 1. The Morgan fingerprint density at radius 3 is 2.67 bits per heavy atom. The van der Waals surface area contributed by atoms with Gasteiger partial charge in [0, 0.05) is 10.0 Å². The van der Waals surface area contributed by atoms with Gasteiger partial charge in [0.05, 0.1) is 17.1 Å². The third kappa shape index (κ3) is 4.52. The summed E-state index contributed by atoms with van der Waals surface area (Å²) in [7, 11) is 0. The van der Waals surface area contributed by atoms with Crippen molar-refractivity contribution in [3.05, 3.63) is 63.1 Å². The number of halogens is 2. The van der Waals surface area contributed by atoms with E-state index in [1.54, 1.807) is 18.2 Å². The fraction of sp³-hybridized carbons (Fsp3) is 0.0667. The van der Waals surface area contributed by atoms with Crippen LogP contribution in [-0.4, -0.2) is 10.9 Å². The zero-order valence-corrected chi connectivity index (χ0v) is 14.1. The molecule has 3 N–H and O–H groups in total. The van der Waals surface area contributed by atoms with E-state index in [2.05, 4.69) is 21.2 Å². The van der Waals surface area contributed by atoms with E-state index >= 15 is 0 Å². The number of benzene rings is 2. The molecule has 0 unspecified atom stereocenters. The Labute approximate surface area is 141 Å². The molecule has 0 bridgehead atoms. The molecule has 6 heteroatoms. The van der Waals surface area contributed by atoms with E-state index in [1.807, 2.05) is 24.3 Å². The maximum atomic E-state index is 12.0. The van der Waals surface area contributed by atoms with Crippen molar-refractivity contribution in [2.45, 2.75) is 6.42 Å². The maximum Gasteiger partial charge on any atom is 0.228 e. The summed E-state index contributed by atoms with van der Waals surface area (Å²) in [5, 5.41) is 3.18. The number of carbonyl (C=O) groups excluding carboxylic acids is 1. The van der Waals surface area contributed by atoms with Crippen molar-refractivity contribution >= 4 is 56.3 Å². The van der Waals surface area contributed by atoms with E-state index in [-0.39, 0.29) is 17.3 Å². The van der Waals surface area contributed by atoms with Crippen molar-refractivity contribution in [3.8, 4) is 0 Å². The molecule has 0 aliphatic heterocycles. The lowest BCUT2D eigenvalue weighted by molar-refractivity contribution is -0.115. The summed E-state index contributed by atoms with van der Waals surface area (Å²) in [6, 6.07) is 12.6. The SMILES string of the molecule is NC(=S)c1ccc(NC(=O)Cc2cccc(Br)c2)c(Cl)c1. The standard InChI is InChI=1S/C15H12BrClN2OS/c16-11-3-1-2-9(6-11)7-14(20)19-13-5-4-10(15(18)21)8-12(13)17/h1-6,8H,7H2,(H2,18,21)(H,19,20). The molecule has 0 saturated carbocycles. The summed E-state index contributed by atoms with van der Waals surface area (Å²) in [4.78, 5) is 12.3. The lowest BCUT2D eigenvalue weighted by atomic mass is 10.1. The summed E-state index contributed by atoms with van der Waals surface area (Å²) < 4.78 is 0.937. The highest BCUT2D eigenvalue weighted by Crippen LogP contribution is 2.23. The second-order valence-electron chi connectivity index (χ2n) is 4.41. The van der Waals surface area contributed by atoms with Gasteiger partial charge in [-0.3, -0.25) is 4.79 Å². The Morgan fingerprint density at radius 1 is 1.29 bits per heavy atom. The van der Waals surface area contributed by atoms with E-state index in [1.165, 1.54) is 0 Å². The first kappa shape index (κ1) is 15.9. The van der Waals surface area contributed by atoms with Crippen LogP contribution in [0.1, 0.15) is 11.1 Å². The zero-order chi connectivity index (χ0) is 15.4. The van der Waals surface area contributed by atoms with Crippen molar-refractivity contribution in [1.29, 1.82) is 0 Å². The monoisotopic (exact) mass is 382 g/mol. The van der Waals surface area contributed by atoms with Gasteiger partial charge in [-0.1, -0.05) is 51.9 Å². The highest BCUT2D eigenvalue weighted by Gasteiger charge is 2.08. The van der Waals surface area contributed by atoms with E-state index in [0.29, 0.717) is 16.3 Å². The normalized spacial score (nSPS) is 10.2. The number of rotatable bonds is 4. The summed E-state index contributed by atoms with van der Waals surface area (Å²) in [5.41, 5.74) is 7.65. The third-order valence-electron chi connectivity index (χ3n) is 2.78. The van der Waals surface area contributed by atoms with E-state index < -0.39 is 0 Å². The Hall–Kier alpha value is -1.43. The molecule has 0 saturated heterocycles. The minimum absolute atomic E-state index is 0.141. The molecule has 21 heavy (non-hydrogen) atoms. The molecule has 0 aliphatic rings. The number of anilines is 1. The second-order valence-corrected chi connectivity index (χ2v) is 6.18. The maximum absolute atomic E-state index is 12.0. The van der Waals surface area contributed by atoms with Crippen molar-refractivity contribution in [2.24, 2.45) is 5.73 Å². The summed E-state index contributed by atoms with van der Waals surface area (Å²) in [6.45, 7) is 0. The molecule has 0 heterocycles. The molecule has 2 rings (SSSR count). The first-order chi connectivity index (χ1) is 9.95. The lowest BCUT2D eigenvalue weighted by Gasteiger charge is -2.09. The lowest BCUT2D eigenvalue weighted by Crippen LogP contribution is -2.15. The van der Waals surface area contributed by atoms with Crippen LogP contribution in [0.15, 0.2) is 46.9 Å². The van der Waals surface area contributed by atoms with Gasteiger partial charge in [0.2, 0.25) is 5.91 Å². The predicted octanol–water partition coefficient (Wildman–Crippen LogP) is 3.92. The van der Waals surface area contributed by atoms with E-state index in [9.17, 15) is 4.79 Å². The second kappa shape index (κ2) is 7.02. The molecule has 3 nitrogen and oxygen atoms in total.